The number of hydrogen-bond donors (Lipinski definition) is 0. The van der Waals surface area contributed by atoms with E-state index in [1.807, 2.05) is 53.4 Å². The first kappa shape index (κ1) is 17.5. The fourth-order valence-electron chi connectivity index (χ4n) is 3.73. The standard InChI is InChI=1S/C24H18FNO3/c1-15-7-8-17(11-21(15)25)26-13-20-22(28-14-26)10-9-18-19(12-23(27)29-24(18)20)16-5-3-2-4-6-16/h2-12H,13-14H2,1H3. The Labute approximate surface area is 166 Å². The number of aryl methyl sites for hydroxylation is 1. The van der Waals surface area contributed by atoms with Crippen molar-refractivity contribution >= 4 is 16.7 Å². The maximum atomic E-state index is 14.0. The van der Waals surface area contributed by atoms with Crippen LogP contribution in [0.15, 0.2) is 75.9 Å². The first-order chi connectivity index (χ1) is 14.1. The third-order valence-corrected chi connectivity index (χ3v) is 5.30. The molecule has 4 nitrogen and oxygen atoms in total. The molecule has 5 rings (SSSR count). The molecule has 0 aliphatic carbocycles. The van der Waals surface area contributed by atoms with E-state index in [4.69, 9.17) is 9.15 Å². The summed E-state index contributed by atoms with van der Waals surface area (Å²) >= 11 is 0. The van der Waals surface area contributed by atoms with Crippen LogP contribution in [0.2, 0.25) is 0 Å². The largest absolute Gasteiger partial charge is 0.473 e. The van der Waals surface area contributed by atoms with Crippen molar-refractivity contribution in [3.8, 4) is 16.9 Å². The lowest BCUT2D eigenvalue weighted by Gasteiger charge is -2.31. The number of nitrogens with zero attached hydrogens (tertiary/aromatic N) is 1. The van der Waals surface area contributed by atoms with E-state index in [-0.39, 0.29) is 5.82 Å². The van der Waals surface area contributed by atoms with Crippen LogP contribution in [-0.4, -0.2) is 6.73 Å². The van der Waals surface area contributed by atoms with E-state index in [0.29, 0.717) is 30.2 Å². The Bertz CT molecular complexity index is 1280. The van der Waals surface area contributed by atoms with E-state index in [0.717, 1.165) is 27.8 Å². The molecule has 1 aromatic heterocycles. The third-order valence-electron chi connectivity index (χ3n) is 5.30. The van der Waals surface area contributed by atoms with Gasteiger partial charge >= 0.3 is 5.63 Å². The Balaban J connectivity index is 1.65. The second-order valence-electron chi connectivity index (χ2n) is 7.17. The highest BCUT2D eigenvalue weighted by Crippen LogP contribution is 2.37. The van der Waals surface area contributed by atoms with Crippen LogP contribution in [0.3, 0.4) is 0 Å². The van der Waals surface area contributed by atoms with Crippen LogP contribution in [0.1, 0.15) is 11.1 Å². The fraction of sp³-hybridized carbons (Fsp3) is 0.125. The van der Waals surface area contributed by atoms with Crippen LogP contribution in [0.5, 0.6) is 5.75 Å². The second kappa shape index (κ2) is 6.78. The van der Waals surface area contributed by atoms with Crippen molar-refractivity contribution in [1.29, 1.82) is 0 Å². The van der Waals surface area contributed by atoms with Gasteiger partial charge in [0.2, 0.25) is 0 Å². The summed E-state index contributed by atoms with van der Waals surface area (Å²) in [5.74, 6) is 0.416. The molecular weight excluding hydrogens is 369 g/mol. The van der Waals surface area contributed by atoms with Crippen LogP contribution >= 0.6 is 0 Å². The second-order valence-corrected chi connectivity index (χ2v) is 7.17. The average molecular weight is 387 g/mol. The van der Waals surface area contributed by atoms with Crippen molar-refractivity contribution in [1.82, 2.24) is 0 Å². The van der Waals surface area contributed by atoms with Gasteiger partial charge in [0.15, 0.2) is 6.73 Å². The number of anilines is 1. The number of hydrogen-bond acceptors (Lipinski definition) is 4. The van der Waals surface area contributed by atoms with E-state index in [2.05, 4.69) is 0 Å². The number of ether oxygens (including phenoxy) is 1. The summed E-state index contributed by atoms with van der Waals surface area (Å²) < 4.78 is 25.6. The molecule has 0 saturated heterocycles. The molecule has 3 aromatic carbocycles. The van der Waals surface area contributed by atoms with Crippen LogP contribution in [-0.2, 0) is 6.54 Å². The van der Waals surface area contributed by atoms with Crippen LogP contribution in [0.4, 0.5) is 10.1 Å². The number of fused-ring (bicyclic) bond motifs is 3. The van der Waals surface area contributed by atoms with E-state index in [1.165, 1.54) is 12.1 Å². The molecule has 29 heavy (non-hydrogen) atoms. The lowest BCUT2D eigenvalue weighted by molar-refractivity contribution is 0.289. The van der Waals surface area contributed by atoms with Gasteiger partial charge in [-0.15, -0.1) is 0 Å². The summed E-state index contributed by atoms with van der Waals surface area (Å²) in [5.41, 5.74) is 3.95. The molecule has 0 fully saturated rings. The summed E-state index contributed by atoms with van der Waals surface area (Å²) in [7, 11) is 0. The number of rotatable bonds is 2. The minimum Gasteiger partial charge on any atom is -0.473 e. The van der Waals surface area contributed by atoms with Gasteiger partial charge in [0.1, 0.15) is 17.1 Å². The molecule has 0 N–H and O–H groups in total. The highest BCUT2D eigenvalue weighted by Gasteiger charge is 2.23. The Hall–Kier alpha value is -3.60. The average Bonchev–Trinajstić information content (AvgIpc) is 2.75. The highest BCUT2D eigenvalue weighted by atomic mass is 19.1. The molecule has 0 radical (unpaired) electrons. The molecule has 5 heteroatoms. The van der Waals surface area contributed by atoms with Crippen molar-refractivity contribution in [2.24, 2.45) is 0 Å². The Morgan fingerprint density at radius 2 is 1.83 bits per heavy atom. The first-order valence-corrected chi connectivity index (χ1v) is 9.39. The van der Waals surface area contributed by atoms with Gasteiger partial charge in [-0.3, -0.25) is 0 Å². The highest BCUT2D eigenvalue weighted by molar-refractivity contribution is 5.96. The zero-order chi connectivity index (χ0) is 20.0. The quantitative estimate of drug-likeness (QED) is 0.440. The SMILES string of the molecule is Cc1ccc(N2COc3ccc4c(-c5ccccc5)cc(=O)oc4c3C2)cc1F. The Morgan fingerprint density at radius 1 is 1.00 bits per heavy atom. The molecule has 4 aromatic rings. The van der Waals surface area contributed by atoms with E-state index in [9.17, 15) is 9.18 Å². The first-order valence-electron chi connectivity index (χ1n) is 9.39. The van der Waals surface area contributed by atoms with E-state index in [1.54, 1.807) is 13.0 Å². The summed E-state index contributed by atoms with van der Waals surface area (Å²) in [5, 5.41) is 0.843. The molecule has 0 saturated carbocycles. The van der Waals surface area contributed by atoms with Crippen molar-refractivity contribution in [2.45, 2.75) is 13.5 Å². The molecule has 1 aliphatic heterocycles. The molecular formula is C24H18FNO3. The van der Waals surface area contributed by atoms with Crippen LogP contribution in [0, 0.1) is 12.7 Å². The zero-order valence-electron chi connectivity index (χ0n) is 15.8. The maximum absolute atomic E-state index is 14.0. The Kier molecular flexibility index (Phi) is 4.09. The number of benzene rings is 3. The lowest BCUT2D eigenvalue weighted by Crippen LogP contribution is -2.32. The van der Waals surface area contributed by atoms with Crippen molar-refractivity contribution in [2.75, 3.05) is 11.6 Å². The molecule has 1 aliphatic rings. The molecule has 0 unspecified atom stereocenters. The van der Waals surface area contributed by atoms with Crippen molar-refractivity contribution in [3.05, 3.63) is 94.1 Å². The molecule has 144 valence electrons. The van der Waals surface area contributed by atoms with Gasteiger partial charge in [-0.2, -0.15) is 0 Å². The van der Waals surface area contributed by atoms with Gasteiger partial charge in [-0.1, -0.05) is 36.4 Å². The summed E-state index contributed by atoms with van der Waals surface area (Å²) in [6.07, 6.45) is 0. The van der Waals surface area contributed by atoms with Crippen LogP contribution in [0.25, 0.3) is 22.1 Å². The molecule has 0 spiro atoms. The molecule has 0 amide bonds. The normalized spacial score (nSPS) is 13.2. The van der Waals surface area contributed by atoms with Gasteiger partial charge in [0.25, 0.3) is 0 Å². The molecule has 0 atom stereocenters. The van der Waals surface area contributed by atoms with E-state index >= 15 is 0 Å². The molecule has 0 bridgehead atoms. The van der Waals surface area contributed by atoms with Gasteiger partial charge in [0, 0.05) is 17.1 Å². The van der Waals surface area contributed by atoms with Crippen molar-refractivity contribution < 1.29 is 13.5 Å². The monoisotopic (exact) mass is 387 g/mol. The molecule has 2 heterocycles. The van der Waals surface area contributed by atoms with Crippen LogP contribution < -0.4 is 15.3 Å². The smallest absolute Gasteiger partial charge is 0.336 e. The van der Waals surface area contributed by atoms with E-state index < -0.39 is 5.63 Å². The van der Waals surface area contributed by atoms with Crippen molar-refractivity contribution in [3.63, 3.8) is 0 Å². The zero-order valence-corrected chi connectivity index (χ0v) is 15.8. The van der Waals surface area contributed by atoms with Gasteiger partial charge in [-0.05, 0) is 47.9 Å². The summed E-state index contributed by atoms with van der Waals surface area (Å²) in [6.45, 7) is 2.48. The lowest BCUT2D eigenvalue weighted by atomic mass is 9.99. The fourth-order valence-corrected chi connectivity index (χ4v) is 3.73. The predicted octanol–water partition coefficient (Wildman–Crippen LogP) is 5.26. The minimum atomic E-state index is -0.414. The summed E-state index contributed by atoms with van der Waals surface area (Å²) in [4.78, 5) is 14.2. The van der Waals surface area contributed by atoms with Gasteiger partial charge < -0.3 is 14.1 Å². The summed E-state index contributed by atoms with van der Waals surface area (Å²) in [6, 6.07) is 20.2. The number of halogens is 1. The Morgan fingerprint density at radius 3 is 2.62 bits per heavy atom. The van der Waals surface area contributed by atoms with Gasteiger partial charge in [0.05, 0.1) is 12.1 Å². The minimum absolute atomic E-state index is 0.260. The maximum Gasteiger partial charge on any atom is 0.336 e. The topological polar surface area (TPSA) is 42.7 Å². The van der Waals surface area contributed by atoms with Gasteiger partial charge in [-0.25, -0.2) is 9.18 Å². The third kappa shape index (κ3) is 3.05. The predicted molar refractivity (Wildman–Crippen MR) is 111 cm³/mol.